The Hall–Kier alpha value is -1.98. The molecule has 0 aliphatic heterocycles. The van der Waals surface area contributed by atoms with E-state index >= 15 is 0 Å². The lowest BCUT2D eigenvalue weighted by Gasteiger charge is -2.21. The van der Waals surface area contributed by atoms with Crippen LogP contribution in [0.15, 0.2) is 12.3 Å². The minimum atomic E-state index is -1.00. The van der Waals surface area contributed by atoms with Crippen molar-refractivity contribution in [1.82, 2.24) is 9.88 Å². The van der Waals surface area contributed by atoms with Gasteiger partial charge in [-0.1, -0.05) is 0 Å². The summed E-state index contributed by atoms with van der Waals surface area (Å²) >= 11 is 0. The highest BCUT2D eigenvalue weighted by Crippen LogP contribution is 2.17. The predicted molar refractivity (Wildman–Crippen MR) is 70.2 cm³/mol. The van der Waals surface area contributed by atoms with E-state index < -0.39 is 17.7 Å². The van der Waals surface area contributed by atoms with Gasteiger partial charge in [0.1, 0.15) is 11.3 Å². The van der Waals surface area contributed by atoms with Gasteiger partial charge in [0.25, 0.3) is 0 Å². The number of hydrogen-bond acceptors (Lipinski definition) is 3. The first-order chi connectivity index (χ1) is 8.60. The fourth-order valence-corrected chi connectivity index (χ4v) is 1.61. The molecule has 0 aromatic carbocycles. The van der Waals surface area contributed by atoms with Gasteiger partial charge in [0.05, 0.1) is 6.04 Å². The molecule has 2 N–H and O–H groups in total. The summed E-state index contributed by atoms with van der Waals surface area (Å²) in [5.41, 5.74) is 0.325. The number of rotatable bonds is 3. The number of aryl methyl sites for hydroxylation is 1. The van der Waals surface area contributed by atoms with E-state index in [9.17, 15) is 9.59 Å². The van der Waals surface area contributed by atoms with E-state index in [2.05, 4.69) is 5.32 Å². The molecule has 0 aliphatic carbocycles. The smallest absolute Gasteiger partial charge is 0.408 e. The van der Waals surface area contributed by atoms with E-state index in [1.165, 1.54) is 10.6 Å². The molecule has 1 heterocycles. The van der Waals surface area contributed by atoms with E-state index in [4.69, 9.17) is 9.84 Å². The van der Waals surface area contributed by atoms with E-state index in [-0.39, 0.29) is 11.7 Å². The van der Waals surface area contributed by atoms with Crippen molar-refractivity contribution in [3.05, 3.63) is 23.5 Å². The fourth-order valence-electron chi connectivity index (χ4n) is 1.61. The SMILES string of the molecule is CC(NC(=O)OC(C)(C)C)c1cc(C(=O)O)n(C)c1. The molecule has 6 heteroatoms. The van der Waals surface area contributed by atoms with Gasteiger partial charge in [-0.3, -0.25) is 0 Å². The Morgan fingerprint density at radius 3 is 2.42 bits per heavy atom. The average molecular weight is 268 g/mol. The molecule has 0 saturated carbocycles. The van der Waals surface area contributed by atoms with Crippen molar-refractivity contribution >= 4 is 12.1 Å². The van der Waals surface area contributed by atoms with Gasteiger partial charge in [-0.25, -0.2) is 9.59 Å². The van der Waals surface area contributed by atoms with Crippen LogP contribution in [0.3, 0.4) is 0 Å². The summed E-state index contributed by atoms with van der Waals surface area (Å²) in [5.74, 6) is -1.00. The Labute approximate surface area is 112 Å². The van der Waals surface area contributed by atoms with Crippen molar-refractivity contribution in [2.24, 2.45) is 7.05 Å². The number of aromatic nitrogens is 1. The first-order valence-electron chi connectivity index (χ1n) is 5.99. The molecule has 0 spiro atoms. The molecule has 0 bridgehead atoms. The van der Waals surface area contributed by atoms with Crippen molar-refractivity contribution in [1.29, 1.82) is 0 Å². The maximum Gasteiger partial charge on any atom is 0.408 e. The minimum Gasteiger partial charge on any atom is -0.477 e. The van der Waals surface area contributed by atoms with Crippen LogP contribution in [0, 0.1) is 0 Å². The summed E-state index contributed by atoms with van der Waals surface area (Å²) in [6.07, 6.45) is 1.15. The number of amides is 1. The lowest BCUT2D eigenvalue weighted by molar-refractivity contribution is 0.0507. The number of nitrogens with zero attached hydrogens (tertiary/aromatic N) is 1. The third-order valence-corrected chi connectivity index (χ3v) is 2.48. The second-order valence-electron chi connectivity index (χ2n) is 5.44. The Bertz CT molecular complexity index is 485. The predicted octanol–water partition coefficient (Wildman–Crippen LogP) is 2.31. The zero-order valence-corrected chi connectivity index (χ0v) is 11.9. The molecule has 1 aromatic heterocycles. The largest absolute Gasteiger partial charge is 0.477 e. The number of nitrogens with one attached hydrogen (secondary N) is 1. The zero-order chi connectivity index (χ0) is 14.8. The number of aromatic carboxylic acids is 1. The molecule has 0 radical (unpaired) electrons. The lowest BCUT2D eigenvalue weighted by atomic mass is 10.1. The zero-order valence-electron chi connectivity index (χ0n) is 11.9. The van der Waals surface area contributed by atoms with E-state index in [0.717, 1.165) is 0 Å². The summed E-state index contributed by atoms with van der Waals surface area (Å²) in [7, 11) is 1.65. The molecule has 0 saturated heterocycles. The van der Waals surface area contributed by atoms with Crippen molar-refractivity contribution in [3.8, 4) is 0 Å². The molecular weight excluding hydrogens is 248 g/mol. The second-order valence-corrected chi connectivity index (χ2v) is 5.44. The monoisotopic (exact) mass is 268 g/mol. The summed E-state index contributed by atoms with van der Waals surface area (Å²) in [4.78, 5) is 22.5. The summed E-state index contributed by atoms with van der Waals surface area (Å²) in [6.45, 7) is 7.11. The van der Waals surface area contributed by atoms with Gasteiger partial charge < -0.3 is 19.7 Å². The van der Waals surface area contributed by atoms with Crippen LogP contribution < -0.4 is 5.32 Å². The van der Waals surface area contributed by atoms with Crippen molar-refractivity contribution < 1.29 is 19.4 Å². The van der Waals surface area contributed by atoms with Crippen LogP contribution in [0.4, 0.5) is 4.79 Å². The molecule has 1 unspecified atom stereocenters. The number of carbonyl (C=O) groups is 2. The van der Waals surface area contributed by atoms with Crippen molar-refractivity contribution in [2.45, 2.75) is 39.3 Å². The molecule has 0 fully saturated rings. The first-order valence-corrected chi connectivity index (χ1v) is 5.99. The normalized spacial score (nSPS) is 12.9. The number of ether oxygens (including phenoxy) is 1. The maximum absolute atomic E-state index is 11.6. The Morgan fingerprint density at radius 2 is 2.00 bits per heavy atom. The Balaban J connectivity index is 2.73. The molecule has 1 atom stereocenters. The summed E-state index contributed by atoms with van der Waals surface area (Å²) in [5, 5.41) is 11.6. The number of alkyl carbamates (subject to hydrolysis) is 1. The third kappa shape index (κ3) is 4.31. The fraction of sp³-hybridized carbons (Fsp3) is 0.538. The topological polar surface area (TPSA) is 80.6 Å². The Morgan fingerprint density at radius 1 is 1.42 bits per heavy atom. The highest BCUT2D eigenvalue weighted by Gasteiger charge is 2.20. The van der Waals surface area contributed by atoms with Gasteiger partial charge in [0.2, 0.25) is 0 Å². The highest BCUT2D eigenvalue weighted by atomic mass is 16.6. The van der Waals surface area contributed by atoms with Gasteiger partial charge in [-0.05, 0) is 39.3 Å². The van der Waals surface area contributed by atoms with Gasteiger partial charge in [0.15, 0.2) is 0 Å². The maximum atomic E-state index is 11.6. The molecule has 19 heavy (non-hydrogen) atoms. The Kier molecular flexibility index (Phi) is 4.24. The van der Waals surface area contributed by atoms with Crippen molar-refractivity contribution in [3.63, 3.8) is 0 Å². The second kappa shape index (κ2) is 5.34. The number of carboxylic acids is 1. The van der Waals surface area contributed by atoms with Gasteiger partial charge in [0, 0.05) is 13.2 Å². The van der Waals surface area contributed by atoms with Crippen LogP contribution in [0.25, 0.3) is 0 Å². The van der Waals surface area contributed by atoms with Gasteiger partial charge in [-0.2, -0.15) is 0 Å². The highest BCUT2D eigenvalue weighted by molar-refractivity contribution is 5.86. The van der Waals surface area contributed by atoms with E-state index in [1.54, 1.807) is 40.9 Å². The standard InChI is InChI=1S/C13H20N2O4/c1-8(14-12(18)19-13(2,3)4)9-6-10(11(16)17)15(5)7-9/h6-8H,1-5H3,(H,14,18)(H,16,17). The van der Waals surface area contributed by atoms with Gasteiger partial charge >= 0.3 is 12.1 Å². The van der Waals surface area contributed by atoms with Crippen LogP contribution >= 0.6 is 0 Å². The van der Waals surface area contributed by atoms with Crippen LogP contribution in [0.1, 0.15) is 49.8 Å². The quantitative estimate of drug-likeness (QED) is 0.881. The average Bonchev–Trinajstić information content (AvgIpc) is 2.57. The molecule has 1 aromatic rings. The minimum absolute atomic E-state index is 0.174. The number of carbonyl (C=O) groups excluding carboxylic acids is 1. The number of hydrogen-bond donors (Lipinski definition) is 2. The van der Waals surface area contributed by atoms with Crippen LogP contribution in [0.5, 0.6) is 0 Å². The third-order valence-electron chi connectivity index (χ3n) is 2.48. The summed E-state index contributed by atoms with van der Waals surface area (Å²) < 4.78 is 6.65. The molecule has 1 rings (SSSR count). The van der Waals surface area contributed by atoms with E-state index in [0.29, 0.717) is 5.56 Å². The van der Waals surface area contributed by atoms with Crippen molar-refractivity contribution in [2.75, 3.05) is 0 Å². The molecule has 106 valence electrons. The van der Waals surface area contributed by atoms with Crippen LogP contribution in [0.2, 0.25) is 0 Å². The molecule has 1 amide bonds. The van der Waals surface area contributed by atoms with E-state index in [1.807, 2.05) is 0 Å². The van der Waals surface area contributed by atoms with Crippen LogP contribution in [-0.2, 0) is 11.8 Å². The van der Waals surface area contributed by atoms with Crippen LogP contribution in [-0.4, -0.2) is 27.3 Å². The molecule has 6 nitrogen and oxygen atoms in total. The van der Waals surface area contributed by atoms with Gasteiger partial charge in [-0.15, -0.1) is 0 Å². The first kappa shape index (κ1) is 15.1. The number of carboxylic acid groups (broad SMARTS) is 1. The molecular formula is C13H20N2O4. The molecule has 0 aliphatic rings. The summed E-state index contributed by atoms with van der Waals surface area (Å²) in [6, 6.07) is 1.21. The lowest BCUT2D eigenvalue weighted by Crippen LogP contribution is -2.33.